The van der Waals surface area contributed by atoms with E-state index in [0.29, 0.717) is 30.0 Å². The number of carbonyl (C=O) groups excluding carboxylic acids is 3. The zero-order chi connectivity index (χ0) is 22.6. The number of benzene rings is 1. The number of carbonyl (C=O) groups is 3. The van der Waals surface area contributed by atoms with Gasteiger partial charge in [-0.2, -0.15) is 0 Å². The number of hydrogen-bond acceptors (Lipinski definition) is 5. The van der Waals surface area contributed by atoms with Crippen molar-refractivity contribution in [2.45, 2.75) is 88.9 Å². The lowest BCUT2D eigenvalue weighted by Crippen LogP contribution is -2.53. The molecule has 0 aromatic heterocycles. The van der Waals surface area contributed by atoms with Crippen LogP contribution in [0.5, 0.6) is 5.75 Å². The summed E-state index contributed by atoms with van der Waals surface area (Å²) in [6.45, 7) is 2.81. The minimum atomic E-state index is -0.580. The molecule has 4 fully saturated rings. The number of imide groups is 1. The molecule has 3 amide bonds. The van der Waals surface area contributed by atoms with Crippen LogP contribution in [-0.4, -0.2) is 58.8 Å². The van der Waals surface area contributed by atoms with Crippen LogP contribution in [0.4, 0.5) is 0 Å². The van der Waals surface area contributed by atoms with Gasteiger partial charge < -0.3 is 9.64 Å². The van der Waals surface area contributed by atoms with Crippen molar-refractivity contribution in [2.75, 3.05) is 13.1 Å². The van der Waals surface area contributed by atoms with Gasteiger partial charge >= 0.3 is 0 Å². The molecular formula is C26H33N3O4. The fourth-order valence-corrected chi connectivity index (χ4v) is 6.87. The van der Waals surface area contributed by atoms with Crippen LogP contribution in [-0.2, 0) is 16.1 Å². The molecule has 3 aliphatic heterocycles. The first-order chi connectivity index (χ1) is 16.0. The Morgan fingerprint density at radius 2 is 1.85 bits per heavy atom. The Morgan fingerprint density at radius 1 is 1.00 bits per heavy atom. The number of amides is 3. The minimum absolute atomic E-state index is 0.135. The molecule has 7 heteroatoms. The molecule has 1 aromatic rings. The Labute approximate surface area is 194 Å². The molecular weight excluding hydrogens is 418 g/mol. The number of likely N-dealkylation sites (tertiary alicyclic amines) is 1. The SMILES string of the molecule is O=C1CCC(N2Cc3cc(O[C@@H]4CCC[C@@H]4N4CCCC5(CCC5)C4)ccc3C2=O)C(=O)N1. The van der Waals surface area contributed by atoms with E-state index in [1.165, 1.54) is 58.0 Å². The predicted octanol–water partition coefficient (Wildman–Crippen LogP) is 3.01. The second kappa shape index (κ2) is 8.12. The summed E-state index contributed by atoms with van der Waals surface area (Å²) in [5.41, 5.74) is 2.12. The number of fused-ring (bicyclic) bond motifs is 1. The molecule has 6 rings (SSSR count). The lowest BCUT2D eigenvalue weighted by atomic mass is 9.64. The largest absolute Gasteiger partial charge is 0.489 e. The van der Waals surface area contributed by atoms with Crippen LogP contribution in [0.25, 0.3) is 0 Å². The first-order valence-electron chi connectivity index (χ1n) is 12.7. The van der Waals surface area contributed by atoms with Gasteiger partial charge in [-0.25, -0.2) is 0 Å². The van der Waals surface area contributed by atoms with E-state index in [2.05, 4.69) is 10.2 Å². The fraction of sp³-hybridized carbons (Fsp3) is 0.654. The third kappa shape index (κ3) is 3.74. The highest BCUT2D eigenvalue weighted by Gasteiger charge is 2.45. The molecule has 3 heterocycles. The van der Waals surface area contributed by atoms with E-state index < -0.39 is 6.04 Å². The Hall–Kier alpha value is -2.41. The molecule has 5 aliphatic rings. The number of piperidine rings is 2. The van der Waals surface area contributed by atoms with Gasteiger partial charge in [-0.05, 0) is 87.1 Å². The van der Waals surface area contributed by atoms with Crippen molar-refractivity contribution in [3.05, 3.63) is 29.3 Å². The maximum Gasteiger partial charge on any atom is 0.255 e. The molecule has 1 aromatic carbocycles. The third-order valence-electron chi connectivity index (χ3n) is 8.77. The smallest absolute Gasteiger partial charge is 0.255 e. The molecule has 33 heavy (non-hydrogen) atoms. The molecule has 1 spiro atoms. The standard InChI is InChI=1S/C26H33N3O4/c30-23-9-8-21(24(31)27-23)29-15-17-14-18(6-7-19(17)25(29)32)33-22-5-1-4-20(22)28-13-3-12-26(16-28)10-2-11-26/h6-7,14,20-22H,1-5,8-13,15-16H2,(H,27,30,31)/t20-,21?,22+/m0/s1. The first kappa shape index (κ1) is 21.1. The summed E-state index contributed by atoms with van der Waals surface area (Å²) < 4.78 is 6.54. The Kier molecular flexibility index (Phi) is 5.20. The van der Waals surface area contributed by atoms with E-state index in [-0.39, 0.29) is 30.2 Å². The summed E-state index contributed by atoms with van der Waals surface area (Å²) in [5.74, 6) is 0.0467. The highest BCUT2D eigenvalue weighted by atomic mass is 16.5. The molecule has 0 bridgehead atoms. The normalized spacial score (nSPS) is 31.5. The van der Waals surface area contributed by atoms with E-state index in [1.54, 1.807) is 4.90 Å². The molecule has 2 saturated carbocycles. The number of rotatable bonds is 4. The molecule has 176 valence electrons. The summed E-state index contributed by atoms with van der Waals surface area (Å²) in [6, 6.07) is 5.64. The Balaban J connectivity index is 1.14. The molecule has 0 radical (unpaired) electrons. The van der Waals surface area contributed by atoms with Gasteiger partial charge in [0.25, 0.3) is 5.91 Å². The summed E-state index contributed by atoms with van der Waals surface area (Å²) in [7, 11) is 0. The van der Waals surface area contributed by atoms with Crippen molar-refractivity contribution in [3.8, 4) is 5.75 Å². The van der Waals surface area contributed by atoms with Gasteiger partial charge in [0.2, 0.25) is 11.8 Å². The average molecular weight is 452 g/mol. The monoisotopic (exact) mass is 451 g/mol. The van der Waals surface area contributed by atoms with Gasteiger partial charge in [-0.15, -0.1) is 0 Å². The summed E-state index contributed by atoms with van der Waals surface area (Å²) in [5, 5.41) is 2.36. The zero-order valence-corrected chi connectivity index (χ0v) is 19.2. The van der Waals surface area contributed by atoms with Gasteiger partial charge in [0, 0.05) is 31.1 Å². The quantitative estimate of drug-likeness (QED) is 0.712. The van der Waals surface area contributed by atoms with Crippen molar-refractivity contribution in [1.29, 1.82) is 0 Å². The molecule has 1 N–H and O–H groups in total. The van der Waals surface area contributed by atoms with Gasteiger partial charge in [-0.3, -0.25) is 24.6 Å². The van der Waals surface area contributed by atoms with Gasteiger partial charge in [0.1, 0.15) is 17.9 Å². The zero-order valence-electron chi connectivity index (χ0n) is 19.2. The van der Waals surface area contributed by atoms with Gasteiger partial charge in [0.15, 0.2) is 0 Å². The molecule has 7 nitrogen and oxygen atoms in total. The lowest BCUT2D eigenvalue weighted by Gasteiger charge is -2.51. The predicted molar refractivity (Wildman–Crippen MR) is 122 cm³/mol. The van der Waals surface area contributed by atoms with E-state index >= 15 is 0 Å². The van der Waals surface area contributed by atoms with Crippen molar-refractivity contribution in [3.63, 3.8) is 0 Å². The van der Waals surface area contributed by atoms with Crippen LogP contribution in [0.15, 0.2) is 18.2 Å². The maximum absolute atomic E-state index is 12.9. The van der Waals surface area contributed by atoms with E-state index in [9.17, 15) is 14.4 Å². The maximum atomic E-state index is 12.9. The Morgan fingerprint density at radius 3 is 2.64 bits per heavy atom. The topological polar surface area (TPSA) is 79.0 Å². The third-order valence-corrected chi connectivity index (χ3v) is 8.77. The number of ether oxygens (including phenoxy) is 1. The second-order valence-corrected chi connectivity index (χ2v) is 10.8. The van der Waals surface area contributed by atoms with E-state index in [1.807, 2.05) is 18.2 Å². The minimum Gasteiger partial charge on any atom is -0.489 e. The van der Waals surface area contributed by atoms with Crippen molar-refractivity contribution >= 4 is 17.7 Å². The Bertz CT molecular complexity index is 988. The summed E-state index contributed by atoms with van der Waals surface area (Å²) in [6.07, 6.45) is 11.2. The van der Waals surface area contributed by atoms with Gasteiger partial charge in [-0.1, -0.05) is 6.42 Å². The van der Waals surface area contributed by atoms with E-state index in [0.717, 1.165) is 17.7 Å². The molecule has 2 saturated heterocycles. The van der Waals surface area contributed by atoms with Crippen LogP contribution in [0.2, 0.25) is 0 Å². The van der Waals surface area contributed by atoms with Crippen LogP contribution < -0.4 is 10.1 Å². The van der Waals surface area contributed by atoms with E-state index in [4.69, 9.17) is 4.74 Å². The van der Waals surface area contributed by atoms with Crippen LogP contribution >= 0.6 is 0 Å². The highest BCUT2D eigenvalue weighted by Crippen LogP contribution is 2.48. The average Bonchev–Trinajstić information content (AvgIpc) is 3.37. The molecule has 1 unspecified atom stereocenters. The second-order valence-electron chi connectivity index (χ2n) is 10.8. The molecule has 3 atom stereocenters. The van der Waals surface area contributed by atoms with Crippen LogP contribution in [0.1, 0.15) is 80.1 Å². The highest BCUT2D eigenvalue weighted by molar-refractivity contribution is 6.05. The number of nitrogens with one attached hydrogen (secondary N) is 1. The number of hydrogen-bond donors (Lipinski definition) is 1. The lowest BCUT2D eigenvalue weighted by molar-refractivity contribution is -0.136. The number of nitrogens with zero attached hydrogens (tertiary/aromatic N) is 2. The van der Waals surface area contributed by atoms with Crippen molar-refractivity contribution in [2.24, 2.45) is 5.41 Å². The van der Waals surface area contributed by atoms with Crippen molar-refractivity contribution < 1.29 is 19.1 Å². The summed E-state index contributed by atoms with van der Waals surface area (Å²) >= 11 is 0. The fourth-order valence-electron chi connectivity index (χ4n) is 6.87. The summed E-state index contributed by atoms with van der Waals surface area (Å²) in [4.78, 5) is 41.0. The first-order valence-corrected chi connectivity index (χ1v) is 12.7. The van der Waals surface area contributed by atoms with Gasteiger partial charge in [0.05, 0.1) is 0 Å². The van der Waals surface area contributed by atoms with Crippen LogP contribution in [0, 0.1) is 5.41 Å². The molecule has 2 aliphatic carbocycles. The van der Waals surface area contributed by atoms with Crippen LogP contribution in [0.3, 0.4) is 0 Å². The van der Waals surface area contributed by atoms with Crippen molar-refractivity contribution in [1.82, 2.24) is 15.1 Å².